The zero-order valence-electron chi connectivity index (χ0n) is 11.0. The van der Waals surface area contributed by atoms with Crippen molar-refractivity contribution >= 4 is 17.7 Å². The molecule has 1 saturated carbocycles. The Bertz CT molecular complexity index is 488. The minimum Gasteiger partial charge on any atom is -0.379 e. The van der Waals surface area contributed by atoms with Crippen LogP contribution in [0.3, 0.4) is 0 Å². The van der Waals surface area contributed by atoms with Gasteiger partial charge in [-0.2, -0.15) is 0 Å². The van der Waals surface area contributed by atoms with E-state index in [9.17, 15) is 14.9 Å². The lowest BCUT2D eigenvalue weighted by atomic mass is 9.98. The fraction of sp³-hybridized carbons (Fsp3) is 0.500. The Morgan fingerprint density at radius 2 is 2.26 bits per heavy atom. The molecule has 1 aliphatic carbocycles. The average Bonchev–Trinajstić information content (AvgIpc) is 2.81. The lowest BCUT2D eigenvalue weighted by Crippen LogP contribution is -2.17. The number of nitrogens with zero attached hydrogens (tertiary/aromatic N) is 1. The van der Waals surface area contributed by atoms with Crippen LogP contribution in [0, 0.1) is 22.0 Å². The summed E-state index contributed by atoms with van der Waals surface area (Å²) in [6.07, 6.45) is 4.27. The summed E-state index contributed by atoms with van der Waals surface area (Å²) in [5, 5.41) is 14.2. The van der Waals surface area contributed by atoms with Crippen molar-refractivity contribution in [1.82, 2.24) is 0 Å². The SMILES string of the molecule is CC1CCCC1CNc1ccc(C=O)cc1[N+](=O)[O-]. The normalized spacial score (nSPS) is 22.2. The van der Waals surface area contributed by atoms with E-state index in [4.69, 9.17) is 0 Å². The molecule has 2 atom stereocenters. The highest BCUT2D eigenvalue weighted by Gasteiger charge is 2.24. The van der Waals surface area contributed by atoms with Crippen LogP contribution < -0.4 is 5.32 Å². The van der Waals surface area contributed by atoms with Crippen LogP contribution in [-0.2, 0) is 0 Å². The highest BCUT2D eigenvalue weighted by Crippen LogP contribution is 2.32. The maximum atomic E-state index is 11.0. The minimum absolute atomic E-state index is 0.0322. The maximum absolute atomic E-state index is 11.0. The van der Waals surface area contributed by atoms with E-state index < -0.39 is 4.92 Å². The van der Waals surface area contributed by atoms with Crippen LogP contribution in [0.25, 0.3) is 0 Å². The van der Waals surface area contributed by atoms with Crippen molar-refractivity contribution < 1.29 is 9.72 Å². The van der Waals surface area contributed by atoms with Crippen molar-refractivity contribution in [3.8, 4) is 0 Å². The number of carbonyl (C=O) groups excluding carboxylic acids is 1. The van der Waals surface area contributed by atoms with Gasteiger partial charge in [-0.3, -0.25) is 14.9 Å². The van der Waals surface area contributed by atoms with Gasteiger partial charge in [0.1, 0.15) is 12.0 Å². The predicted octanol–water partition coefficient (Wildman–Crippen LogP) is 3.26. The van der Waals surface area contributed by atoms with Crippen LogP contribution in [0.15, 0.2) is 18.2 Å². The smallest absolute Gasteiger partial charge is 0.293 e. The van der Waals surface area contributed by atoms with Gasteiger partial charge in [0.2, 0.25) is 0 Å². The van der Waals surface area contributed by atoms with Crippen LogP contribution >= 0.6 is 0 Å². The van der Waals surface area contributed by atoms with Crippen LogP contribution in [0.2, 0.25) is 0 Å². The van der Waals surface area contributed by atoms with Gasteiger partial charge in [0.25, 0.3) is 5.69 Å². The first-order chi connectivity index (χ1) is 9.11. The first-order valence-electron chi connectivity index (χ1n) is 6.59. The van der Waals surface area contributed by atoms with Crippen molar-refractivity contribution in [2.75, 3.05) is 11.9 Å². The Kier molecular flexibility index (Phi) is 4.14. The summed E-state index contributed by atoms with van der Waals surface area (Å²) >= 11 is 0. The van der Waals surface area contributed by atoms with E-state index in [2.05, 4.69) is 12.2 Å². The number of benzene rings is 1. The van der Waals surface area contributed by atoms with E-state index in [-0.39, 0.29) is 5.69 Å². The number of aldehydes is 1. The molecule has 0 aromatic heterocycles. The molecule has 0 amide bonds. The van der Waals surface area contributed by atoms with Crippen LogP contribution in [0.1, 0.15) is 36.5 Å². The third kappa shape index (κ3) is 3.10. The molecule has 0 bridgehead atoms. The molecule has 1 fully saturated rings. The summed E-state index contributed by atoms with van der Waals surface area (Å²) in [6, 6.07) is 4.52. The second kappa shape index (κ2) is 5.82. The first-order valence-corrected chi connectivity index (χ1v) is 6.59. The summed E-state index contributed by atoms with van der Waals surface area (Å²) in [7, 11) is 0. The average molecular weight is 262 g/mol. The molecule has 0 spiro atoms. The number of anilines is 1. The Hall–Kier alpha value is -1.91. The van der Waals surface area contributed by atoms with Crippen molar-refractivity contribution in [1.29, 1.82) is 0 Å². The number of carbonyl (C=O) groups is 1. The van der Waals surface area contributed by atoms with Gasteiger partial charge in [-0.15, -0.1) is 0 Å². The molecule has 0 heterocycles. The molecule has 5 nitrogen and oxygen atoms in total. The van der Waals surface area contributed by atoms with Crippen molar-refractivity contribution in [2.45, 2.75) is 26.2 Å². The largest absolute Gasteiger partial charge is 0.379 e. The Labute approximate surface area is 112 Å². The Morgan fingerprint density at radius 1 is 1.47 bits per heavy atom. The van der Waals surface area contributed by atoms with Crippen LogP contribution in [-0.4, -0.2) is 17.8 Å². The summed E-state index contributed by atoms with van der Waals surface area (Å²) in [5.41, 5.74) is 0.788. The number of nitro benzene ring substituents is 1. The fourth-order valence-corrected chi connectivity index (χ4v) is 2.69. The lowest BCUT2D eigenvalue weighted by Gasteiger charge is -2.16. The van der Waals surface area contributed by atoms with Gasteiger partial charge in [-0.1, -0.05) is 19.8 Å². The summed E-state index contributed by atoms with van der Waals surface area (Å²) < 4.78 is 0. The number of rotatable bonds is 5. The number of hydrogen-bond donors (Lipinski definition) is 1. The standard InChI is InChI=1S/C14H18N2O3/c1-10-3-2-4-12(10)8-15-13-6-5-11(9-17)7-14(13)16(18)19/h5-7,9-10,12,15H,2-4,8H2,1H3. The number of nitro groups is 1. The van der Waals surface area contributed by atoms with Crippen LogP contribution in [0.5, 0.6) is 0 Å². The Morgan fingerprint density at radius 3 is 2.84 bits per heavy atom. The fourth-order valence-electron chi connectivity index (χ4n) is 2.69. The van der Waals surface area contributed by atoms with Crippen molar-refractivity contribution in [3.63, 3.8) is 0 Å². The molecular weight excluding hydrogens is 244 g/mol. The molecule has 1 N–H and O–H groups in total. The van der Waals surface area contributed by atoms with Crippen molar-refractivity contribution in [3.05, 3.63) is 33.9 Å². The second-order valence-electron chi connectivity index (χ2n) is 5.20. The van der Waals surface area contributed by atoms with E-state index in [1.807, 2.05) is 0 Å². The van der Waals surface area contributed by atoms with E-state index in [1.165, 1.54) is 25.3 Å². The van der Waals surface area contributed by atoms with E-state index in [0.717, 1.165) is 6.54 Å². The zero-order chi connectivity index (χ0) is 13.8. The lowest BCUT2D eigenvalue weighted by molar-refractivity contribution is -0.384. The molecular formula is C14H18N2O3. The molecule has 5 heteroatoms. The molecule has 2 unspecified atom stereocenters. The maximum Gasteiger partial charge on any atom is 0.293 e. The zero-order valence-corrected chi connectivity index (χ0v) is 11.0. The number of nitrogens with one attached hydrogen (secondary N) is 1. The molecule has 0 aliphatic heterocycles. The molecule has 1 aromatic rings. The summed E-state index contributed by atoms with van der Waals surface area (Å²) in [5.74, 6) is 1.24. The second-order valence-corrected chi connectivity index (χ2v) is 5.20. The van der Waals surface area contributed by atoms with E-state index >= 15 is 0 Å². The molecule has 2 rings (SSSR count). The van der Waals surface area contributed by atoms with Gasteiger partial charge in [0, 0.05) is 18.2 Å². The van der Waals surface area contributed by atoms with Gasteiger partial charge in [0.05, 0.1) is 4.92 Å². The first kappa shape index (κ1) is 13.5. The van der Waals surface area contributed by atoms with Gasteiger partial charge in [0.15, 0.2) is 0 Å². The molecule has 19 heavy (non-hydrogen) atoms. The molecule has 0 saturated heterocycles. The monoisotopic (exact) mass is 262 g/mol. The van der Waals surface area contributed by atoms with E-state index in [0.29, 0.717) is 29.4 Å². The van der Waals surface area contributed by atoms with Gasteiger partial charge in [-0.05, 0) is 30.4 Å². The molecule has 102 valence electrons. The van der Waals surface area contributed by atoms with E-state index in [1.54, 1.807) is 12.1 Å². The topological polar surface area (TPSA) is 72.2 Å². The third-order valence-corrected chi connectivity index (χ3v) is 3.95. The van der Waals surface area contributed by atoms with Crippen LogP contribution in [0.4, 0.5) is 11.4 Å². The molecule has 1 aromatic carbocycles. The highest BCUT2D eigenvalue weighted by molar-refractivity contribution is 5.79. The van der Waals surface area contributed by atoms with Gasteiger partial charge in [-0.25, -0.2) is 0 Å². The van der Waals surface area contributed by atoms with Gasteiger partial charge >= 0.3 is 0 Å². The summed E-state index contributed by atoms with van der Waals surface area (Å²) in [6.45, 7) is 2.98. The number of hydrogen-bond acceptors (Lipinski definition) is 4. The highest BCUT2D eigenvalue weighted by atomic mass is 16.6. The molecule has 1 aliphatic rings. The van der Waals surface area contributed by atoms with Gasteiger partial charge < -0.3 is 5.32 Å². The quantitative estimate of drug-likeness (QED) is 0.502. The third-order valence-electron chi connectivity index (χ3n) is 3.95. The summed E-state index contributed by atoms with van der Waals surface area (Å²) in [4.78, 5) is 21.2. The van der Waals surface area contributed by atoms with Crippen molar-refractivity contribution in [2.24, 2.45) is 11.8 Å². The predicted molar refractivity (Wildman–Crippen MR) is 73.5 cm³/mol. The molecule has 0 radical (unpaired) electrons. The minimum atomic E-state index is -0.451. The Balaban J connectivity index is 2.10.